The smallest absolute Gasteiger partial charge is 0.264 e. The first-order chi connectivity index (χ1) is 12.6. The number of anilines is 1. The number of imide groups is 2. The molecule has 1 unspecified atom stereocenters. The molecule has 7 heteroatoms. The van der Waals surface area contributed by atoms with E-state index >= 15 is 0 Å². The molecule has 3 aliphatic rings. The Morgan fingerprint density at radius 1 is 0.962 bits per heavy atom. The van der Waals surface area contributed by atoms with E-state index in [2.05, 4.69) is 10.6 Å². The van der Waals surface area contributed by atoms with Crippen molar-refractivity contribution in [1.29, 1.82) is 0 Å². The Kier molecular flexibility index (Phi) is 4.22. The van der Waals surface area contributed by atoms with Gasteiger partial charge in [-0.1, -0.05) is 25.3 Å². The molecular weight excluding hydrogens is 334 g/mol. The van der Waals surface area contributed by atoms with Crippen LogP contribution in [0.15, 0.2) is 18.2 Å². The Morgan fingerprint density at radius 3 is 2.46 bits per heavy atom. The third-order valence-corrected chi connectivity index (χ3v) is 5.43. The minimum atomic E-state index is -0.928. The molecule has 0 radical (unpaired) electrons. The second kappa shape index (κ2) is 6.55. The summed E-state index contributed by atoms with van der Waals surface area (Å²) in [6, 6.07) is 4.55. The fourth-order valence-electron chi connectivity index (χ4n) is 4.10. The first-order valence-electron chi connectivity index (χ1n) is 9.17. The van der Waals surface area contributed by atoms with Gasteiger partial charge < -0.3 is 5.32 Å². The van der Waals surface area contributed by atoms with Crippen molar-refractivity contribution in [3.05, 3.63) is 29.3 Å². The molecule has 26 heavy (non-hydrogen) atoms. The highest BCUT2D eigenvalue weighted by Gasteiger charge is 2.45. The zero-order valence-corrected chi connectivity index (χ0v) is 14.4. The SMILES string of the molecule is O=C1CCC(N2C(=O)c3cccc(NC4CCCCC4)c3C2=O)C(=O)N1. The number of rotatable bonds is 3. The average Bonchev–Trinajstić information content (AvgIpc) is 2.88. The van der Waals surface area contributed by atoms with E-state index in [9.17, 15) is 19.2 Å². The maximum Gasteiger partial charge on any atom is 0.264 e. The zero-order chi connectivity index (χ0) is 18.3. The maximum atomic E-state index is 13.0. The van der Waals surface area contributed by atoms with Gasteiger partial charge in [-0.3, -0.25) is 29.4 Å². The highest BCUT2D eigenvalue weighted by atomic mass is 16.2. The van der Waals surface area contributed by atoms with Crippen LogP contribution in [0.3, 0.4) is 0 Å². The van der Waals surface area contributed by atoms with Crippen molar-refractivity contribution < 1.29 is 19.2 Å². The van der Waals surface area contributed by atoms with Crippen LogP contribution >= 0.6 is 0 Å². The number of hydrogen-bond acceptors (Lipinski definition) is 5. The molecule has 7 nitrogen and oxygen atoms in total. The number of fused-ring (bicyclic) bond motifs is 1. The highest BCUT2D eigenvalue weighted by molar-refractivity contribution is 6.25. The number of nitrogens with zero attached hydrogens (tertiary/aromatic N) is 1. The van der Waals surface area contributed by atoms with Crippen LogP contribution in [0, 0.1) is 0 Å². The van der Waals surface area contributed by atoms with Crippen molar-refractivity contribution in [2.24, 2.45) is 0 Å². The van der Waals surface area contributed by atoms with Gasteiger partial charge in [0.05, 0.1) is 11.1 Å². The number of hydrogen-bond donors (Lipinski definition) is 2. The second-order valence-corrected chi connectivity index (χ2v) is 7.15. The van der Waals surface area contributed by atoms with E-state index < -0.39 is 23.8 Å². The quantitative estimate of drug-likeness (QED) is 0.807. The standard InChI is InChI=1S/C19H21N3O4/c23-15-10-9-14(17(24)21-15)22-18(25)12-7-4-8-13(16(12)19(22)26)20-11-5-2-1-3-6-11/h4,7-8,11,14,20H,1-3,5-6,9-10H2,(H,21,23,24). The fraction of sp³-hybridized carbons (Fsp3) is 0.474. The van der Waals surface area contributed by atoms with Gasteiger partial charge in [0.25, 0.3) is 11.8 Å². The fourth-order valence-corrected chi connectivity index (χ4v) is 4.10. The third-order valence-electron chi connectivity index (χ3n) is 5.43. The predicted octanol–water partition coefficient (Wildman–Crippen LogP) is 1.83. The molecule has 2 heterocycles. The number of piperidine rings is 1. The van der Waals surface area contributed by atoms with Crippen molar-refractivity contribution >= 4 is 29.3 Å². The predicted molar refractivity (Wildman–Crippen MR) is 93.6 cm³/mol. The number of nitrogens with one attached hydrogen (secondary N) is 2. The van der Waals surface area contributed by atoms with E-state index in [-0.39, 0.29) is 18.7 Å². The van der Waals surface area contributed by atoms with Crippen LogP contribution in [0.5, 0.6) is 0 Å². The van der Waals surface area contributed by atoms with Gasteiger partial charge in [-0.2, -0.15) is 0 Å². The minimum Gasteiger partial charge on any atom is -0.382 e. The summed E-state index contributed by atoms with van der Waals surface area (Å²) < 4.78 is 0. The van der Waals surface area contributed by atoms with E-state index in [0.717, 1.165) is 30.6 Å². The third kappa shape index (κ3) is 2.77. The molecule has 0 bridgehead atoms. The molecule has 136 valence electrons. The molecule has 1 aliphatic carbocycles. The summed E-state index contributed by atoms with van der Waals surface area (Å²) in [5.41, 5.74) is 1.32. The lowest BCUT2D eigenvalue weighted by Gasteiger charge is -2.28. The molecule has 4 rings (SSSR count). The van der Waals surface area contributed by atoms with Crippen LogP contribution in [-0.2, 0) is 9.59 Å². The molecular formula is C19H21N3O4. The first-order valence-corrected chi connectivity index (χ1v) is 9.17. The van der Waals surface area contributed by atoms with E-state index in [1.165, 1.54) is 6.42 Å². The summed E-state index contributed by atoms with van der Waals surface area (Å²) in [4.78, 5) is 50.3. The van der Waals surface area contributed by atoms with Crippen LogP contribution < -0.4 is 10.6 Å². The van der Waals surface area contributed by atoms with Gasteiger partial charge in [-0.25, -0.2) is 0 Å². The lowest BCUT2D eigenvalue weighted by atomic mass is 9.95. The molecule has 1 aromatic rings. The van der Waals surface area contributed by atoms with Crippen LogP contribution in [0.4, 0.5) is 5.69 Å². The lowest BCUT2D eigenvalue weighted by molar-refractivity contribution is -0.136. The summed E-state index contributed by atoms with van der Waals surface area (Å²) in [5.74, 6) is -1.88. The Labute approximate surface area is 151 Å². The Bertz CT molecular complexity index is 798. The molecule has 1 saturated carbocycles. The monoisotopic (exact) mass is 355 g/mol. The molecule has 2 fully saturated rings. The van der Waals surface area contributed by atoms with Crippen molar-refractivity contribution in [3.63, 3.8) is 0 Å². The Hall–Kier alpha value is -2.70. The first kappa shape index (κ1) is 16.8. The van der Waals surface area contributed by atoms with Gasteiger partial charge in [0.1, 0.15) is 6.04 Å². The molecule has 2 aliphatic heterocycles. The normalized spacial score (nSPS) is 23.8. The van der Waals surface area contributed by atoms with Crippen LogP contribution in [0.2, 0.25) is 0 Å². The van der Waals surface area contributed by atoms with Crippen LogP contribution in [0.25, 0.3) is 0 Å². The average molecular weight is 355 g/mol. The topological polar surface area (TPSA) is 95.6 Å². The van der Waals surface area contributed by atoms with Crippen LogP contribution in [-0.4, -0.2) is 40.6 Å². The van der Waals surface area contributed by atoms with Gasteiger partial charge >= 0.3 is 0 Å². The molecule has 2 N–H and O–H groups in total. The number of carbonyl (C=O) groups is 4. The lowest BCUT2D eigenvalue weighted by Crippen LogP contribution is -2.54. The van der Waals surface area contributed by atoms with E-state index in [1.54, 1.807) is 12.1 Å². The van der Waals surface area contributed by atoms with Gasteiger partial charge in [0.2, 0.25) is 11.8 Å². The maximum absolute atomic E-state index is 13.0. The minimum absolute atomic E-state index is 0.122. The molecule has 0 aromatic heterocycles. The van der Waals surface area contributed by atoms with E-state index in [0.29, 0.717) is 22.9 Å². The Morgan fingerprint density at radius 2 is 1.73 bits per heavy atom. The van der Waals surface area contributed by atoms with Gasteiger partial charge in [0, 0.05) is 18.2 Å². The van der Waals surface area contributed by atoms with E-state index in [1.807, 2.05) is 6.07 Å². The summed E-state index contributed by atoms with van der Waals surface area (Å²) in [5, 5.41) is 5.63. The van der Waals surface area contributed by atoms with E-state index in [4.69, 9.17) is 0 Å². The number of benzene rings is 1. The zero-order valence-electron chi connectivity index (χ0n) is 14.4. The number of carbonyl (C=O) groups excluding carboxylic acids is 4. The summed E-state index contributed by atoms with van der Waals surface area (Å²) in [6.07, 6.45) is 5.92. The van der Waals surface area contributed by atoms with Crippen molar-refractivity contribution in [2.45, 2.75) is 57.0 Å². The molecule has 1 saturated heterocycles. The van der Waals surface area contributed by atoms with Crippen molar-refractivity contribution in [2.75, 3.05) is 5.32 Å². The Balaban J connectivity index is 1.62. The van der Waals surface area contributed by atoms with Crippen LogP contribution in [0.1, 0.15) is 65.7 Å². The van der Waals surface area contributed by atoms with Gasteiger partial charge in [0.15, 0.2) is 0 Å². The molecule has 4 amide bonds. The van der Waals surface area contributed by atoms with Gasteiger partial charge in [-0.05, 0) is 31.4 Å². The van der Waals surface area contributed by atoms with Crippen molar-refractivity contribution in [3.8, 4) is 0 Å². The summed E-state index contributed by atoms with van der Waals surface area (Å²) >= 11 is 0. The van der Waals surface area contributed by atoms with Crippen molar-refractivity contribution in [1.82, 2.24) is 10.2 Å². The van der Waals surface area contributed by atoms with Gasteiger partial charge in [-0.15, -0.1) is 0 Å². The molecule has 0 spiro atoms. The highest BCUT2D eigenvalue weighted by Crippen LogP contribution is 2.33. The summed E-state index contributed by atoms with van der Waals surface area (Å²) in [6.45, 7) is 0. The number of amides is 4. The molecule has 1 atom stereocenters. The second-order valence-electron chi connectivity index (χ2n) is 7.15. The summed E-state index contributed by atoms with van der Waals surface area (Å²) in [7, 11) is 0. The largest absolute Gasteiger partial charge is 0.382 e. The molecule has 1 aromatic carbocycles.